The van der Waals surface area contributed by atoms with Crippen molar-refractivity contribution in [2.75, 3.05) is 13.2 Å². The molecule has 0 unspecified atom stereocenters. The number of benzene rings is 1. The highest BCUT2D eigenvalue weighted by atomic mass is 35.5. The summed E-state index contributed by atoms with van der Waals surface area (Å²) in [7, 11) is 0. The number of halogens is 1. The lowest BCUT2D eigenvalue weighted by molar-refractivity contribution is 0.0936. The van der Waals surface area contributed by atoms with E-state index in [-0.39, 0.29) is 17.9 Å². The molecule has 1 fully saturated rings. The van der Waals surface area contributed by atoms with Crippen LogP contribution in [0.3, 0.4) is 0 Å². The molecule has 0 aliphatic heterocycles. The molecule has 0 radical (unpaired) electrons. The van der Waals surface area contributed by atoms with E-state index in [2.05, 4.69) is 10.3 Å². The Bertz CT molecular complexity index is 668. The van der Waals surface area contributed by atoms with Crippen molar-refractivity contribution in [3.05, 3.63) is 41.2 Å². The topological polar surface area (TPSA) is 62.2 Å². The average Bonchev–Trinajstić information content (AvgIpc) is 3.26. The van der Waals surface area contributed by atoms with Crippen LogP contribution in [-0.4, -0.2) is 29.1 Å². The van der Waals surface area contributed by atoms with Crippen LogP contribution >= 0.6 is 11.6 Å². The van der Waals surface area contributed by atoms with Crippen LogP contribution in [0.4, 0.5) is 0 Å². The van der Waals surface area contributed by atoms with Gasteiger partial charge in [-0.25, -0.2) is 4.98 Å². The number of carbonyl (C=O) groups excluding carboxylic acids is 1. The molecule has 5 heteroatoms. The third-order valence-electron chi connectivity index (χ3n) is 3.91. The number of nitrogens with zero attached hydrogens (tertiary/aromatic N) is 1. The first-order valence-electron chi connectivity index (χ1n) is 6.57. The molecule has 0 bridgehead atoms. The summed E-state index contributed by atoms with van der Waals surface area (Å²) in [4.78, 5) is 16.3. The van der Waals surface area contributed by atoms with Crippen molar-refractivity contribution < 1.29 is 9.90 Å². The van der Waals surface area contributed by atoms with Crippen LogP contribution in [0, 0.1) is 5.41 Å². The summed E-state index contributed by atoms with van der Waals surface area (Å²) in [6.07, 6.45) is 3.42. The van der Waals surface area contributed by atoms with Crippen molar-refractivity contribution in [2.24, 2.45) is 5.41 Å². The van der Waals surface area contributed by atoms with Gasteiger partial charge >= 0.3 is 0 Å². The van der Waals surface area contributed by atoms with Gasteiger partial charge in [-0.3, -0.25) is 4.79 Å². The SMILES string of the molecule is O=C(NCC1(CO)CC1)c1cnc(Cl)c2ccccc12. The maximum Gasteiger partial charge on any atom is 0.253 e. The number of fused-ring (bicyclic) bond motifs is 1. The molecule has 1 aliphatic rings. The minimum atomic E-state index is -0.176. The second kappa shape index (κ2) is 5.04. The first-order chi connectivity index (χ1) is 9.65. The molecule has 1 amide bonds. The predicted octanol–water partition coefficient (Wildman–Crippen LogP) is 2.39. The Morgan fingerprint density at radius 2 is 2.05 bits per heavy atom. The lowest BCUT2D eigenvalue weighted by Crippen LogP contribution is -2.32. The Balaban J connectivity index is 1.86. The van der Waals surface area contributed by atoms with E-state index in [0.29, 0.717) is 17.3 Å². The highest BCUT2D eigenvalue weighted by Crippen LogP contribution is 2.44. The summed E-state index contributed by atoms with van der Waals surface area (Å²) < 4.78 is 0. The zero-order chi connectivity index (χ0) is 14.2. The maximum atomic E-state index is 12.3. The van der Waals surface area contributed by atoms with E-state index >= 15 is 0 Å². The highest BCUT2D eigenvalue weighted by molar-refractivity contribution is 6.34. The number of amides is 1. The second-order valence-electron chi connectivity index (χ2n) is 5.35. The third-order valence-corrected chi connectivity index (χ3v) is 4.21. The summed E-state index contributed by atoms with van der Waals surface area (Å²) in [5.74, 6) is -0.176. The van der Waals surface area contributed by atoms with E-state index in [1.165, 1.54) is 6.20 Å². The van der Waals surface area contributed by atoms with Gasteiger partial charge in [-0.2, -0.15) is 0 Å². The first kappa shape index (κ1) is 13.3. The van der Waals surface area contributed by atoms with Gasteiger partial charge in [-0.05, 0) is 18.2 Å². The van der Waals surface area contributed by atoms with Crippen LogP contribution in [0.1, 0.15) is 23.2 Å². The number of aliphatic hydroxyl groups is 1. The van der Waals surface area contributed by atoms with E-state index in [4.69, 9.17) is 11.6 Å². The van der Waals surface area contributed by atoms with Crippen LogP contribution < -0.4 is 5.32 Å². The molecule has 104 valence electrons. The molecule has 20 heavy (non-hydrogen) atoms. The third kappa shape index (κ3) is 2.37. The Morgan fingerprint density at radius 3 is 2.70 bits per heavy atom. The molecule has 0 atom stereocenters. The number of rotatable bonds is 4. The molecule has 0 saturated heterocycles. The van der Waals surface area contributed by atoms with Gasteiger partial charge in [0.2, 0.25) is 0 Å². The molecule has 4 nitrogen and oxygen atoms in total. The molecule has 1 aromatic heterocycles. The maximum absolute atomic E-state index is 12.3. The van der Waals surface area contributed by atoms with Crippen molar-refractivity contribution in [3.8, 4) is 0 Å². The molecule has 2 N–H and O–H groups in total. The minimum Gasteiger partial charge on any atom is -0.396 e. The van der Waals surface area contributed by atoms with Gasteiger partial charge in [0.15, 0.2) is 0 Å². The quantitative estimate of drug-likeness (QED) is 0.850. The van der Waals surface area contributed by atoms with Gasteiger partial charge in [0.05, 0.1) is 12.2 Å². The van der Waals surface area contributed by atoms with Gasteiger partial charge in [0.25, 0.3) is 5.91 Å². The van der Waals surface area contributed by atoms with E-state index in [9.17, 15) is 9.90 Å². The van der Waals surface area contributed by atoms with Crippen molar-refractivity contribution in [1.29, 1.82) is 0 Å². The van der Waals surface area contributed by atoms with Gasteiger partial charge in [-0.1, -0.05) is 35.9 Å². The molecule has 1 heterocycles. The summed E-state index contributed by atoms with van der Waals surface area (Å²) in [6.45, 7) is 0.617. The molecular formula is C15H15ClN2O2. The van der Waals surface area contributed by atoms with Crippen molar-refractivity contribution in [1.82, 2.24) is 10.3 Å². The number of carbonyl (C=O) groups is 1. The average molecular weight is 291 g/mol. The monoisotopic (exact) mass is 290 g/mol. The number of aromatic nitrogens is 1. The predicted molar refractivity (Wildman–Crippen MR) is 77.8 cm³/mol. The van der Waals surface area contributed by atoms with Crippen LogP contribution in [0.5, 0.6) is 0 Å². The highest BCUT2D eigenvalue weighted by Gasteiger charge is 2.42. The number of hydrogen-bond donors (Lipinski definition) is 2. The van der Waals surface area contributed by atoms with Gasteiger partial charge in [0, 0.05) is 23.5 Å². The smallest absolute Gasteiger partial charge is 0.253 e. The molecule has 2 aromatic rings. The largest absolute Gasteiger partial charge is 0.396 e. The molecule has 1 aromatic carbocycles. The van der Waals surface area contributed by atoms with Crippen LogP contribution in [0.15, 0.2) is 30.5 Å². The zero-order valence-electron chi connectivity index (χ0n) is 10.9. The van der Waals surface area contributed by atoms with Crippen molar-refractivity contribution in [3.63, 3.8) is 0 Å². The molecule has 1 saturated carbocycles. The Labute approximate surface area is 121 Å². The van der Waals surface area contributed by atoms with Gasteiger partial charge < -0.3 is 10.4 Å². The molecule has 3 rings (SSSR count). The van der Waals surface area contributed by atoms with Crippen LogP contribution in [0.2, 0.25) is 5.15 Å². The summed E-state index contributed by atoms with van der Waals surface area (Å²) >= 11 is 6.04. The summed E-state index contributed by atoms with van der Waals surface area (Å²) in [6, 6.07) is 7.43. The van der Waals surface area contributed by atoms with E-state index in [1.807, 2.05) is 24.3 Å². The number of hydrogen-bond acceptors (Lipinski definition) is 3. The summed E-state index contributed by atoms with van der Waals surface area (Å²) in [5.41, 5.74) is 0.407. The normalized spacial score (nSPS) is 16.1. The Morgan fingerprint density at radius 1 is 1.35 bits per heavy atom. The van der Waals surface area contributed by atoms with Crippen molar-refractivity contribution in [2.45, 2.75) is 12.8 Å². The zero-order valence-corrected chi connectivity index (χ0v) is 11.7. The van der Waals surface area contributed by atoms with Crippen molar-refractivity contribution >= 4 is 28.3 Å². The fourth-order valence-electron chi connectivity index (χ4n) is 2.27. The fraction of sp³-hybridized carbons (Fsp3) is 0.333. The summed E-state index contributed by atoms with van der Waals surface area (Å²) in [5, 5.41) is 14.1. The van der Waals surface area contributed by atoms with E-state index in [0.717, 1.165) is 23.6 Å². The number of pyridine rings is 1. The lowest BCUT2D eigenvalue weighted by atomic mass is 10.1. The molecule has 1 aliphatic carbocycles. The number of nitrogens with one attached hydrogen (secondary N) is 1. The fourth-order valence-corrected chi connectivity index (χ4v) is 2.48. The van der Waals surface area contributed by atoms with Crippen LogP contribution in [-0.2, 0) is 0 Å². The molecule has 0 spiro atoms. The van der Waals surface area contributed by atoms with E-state index in [1.54, 1.807) is 0 Å². The van der Waals surface area contributed by atoms with Gasteiger partial charge in [-0.15, -0.1) is 0 Å². The second-order valence-corrected chi connectivity index (χ2v) is 5.71. The minimum absolute atomic E-state index is 0.106. The first-order valence-corrected chi connectivity index (χ1v) is 6.95. The molecular weight excluding hydrogens is 276 g/mol. The standard InChI is InChI=1S/C15H15ClN2O2/c16-13-11-4-2-1-3-10(11)12(7-17-13)14(20)18-8-15(9-19)5-6-15/h1-4,7,19H,5-6,8-9H2,(H,18,20). The van der Waals surface area contributed by atoms with Gasteiger partial charge in [0.1, 0.15) is 5.15 Å². The lowest BCUT2D eigenvalue weighted by Gasteiger charge is -2.13. The Hall–Kier alpha value is -1.65. The Kier molecular flexibility index (Phi) is 3.36. The van der Waals surface area contributed by atoms with Crippen LogP contribution in [0.25, 0.3) is 10.8 Å². The van der Waals surface area contributed by atoms with E-state index < -0.39 is 0 Å². The number of aliphatic hydroxyl groups excluding tert-OH is 1.